The number of alkyl halides is 3. The van der Waals surface area contributed by atoms with Crippen LogP contribution in [-0.4, -0.2) is 27.8 Å². The lowest BCUT2D eigenvalue weighted by Gasteiger charge is -2.11. The number of aliphatic imine (C=N–C) groups is 1. The predicted octanol–water partition coefficient (Wildman–Crippen LogP) is 5.49. The molecule has 0 unspecified atom stereocenters. The summed E-state index contributed by atoms with van der Waals surface area (Å²) in [4.78, 5) is 15.0. The van der Waals surface area contributed by atoms with Gasteiger partial charge in [-0.1, -0.05) is 6.58 Å². The molecule has 0 aliphatic heterocycles. The minimum Gasteiger partial charge on any atom is -0.496 e. The fraction of sp³-hybridized carbons (Fsp3) is 0.136. The molecule has 0 saturated carbocycles. The molecule has 0 bridgehead atoms. The van der Waals surface area contributed by atoms with E-state index in [2.05, 4.69) is 26.5 Å². The smallest absolute Gasteiger partial charge is 0.417 e. The monoisotopic (exact) mass is 446 g/mol. The van der Waals surface area contributed by atoms with E-state index in [0.29, 0.717) is 46.3 Å². The molecule has 0 radical (unpaired) electrons. The molecule has 1 aromatic carbocycles. The lowest BCUT2D eigenvalue weighted by Crippen LogP contribution is -2.06. The van der Waals surface area contributed by atoms with Crippen LogP contribution in [0.4, 0.5) is 17.6 Å². The molecule has 1 N–H and O–H groups in total. The van der Waals surface area contributed by atoms with E-state index in [0.717, 1.165) is 18.5 Å². The quantitative estimate of drug-likeness (QED) is 0.367. The number of ether oxygens (including phenoxy) is 2. The van der Waals surface area contributed by atoms with E-state index in [9.17, 15) is 17.6 Å². The highest BCUT2D eigenvalue weighted by molar-refractivity contribution is 6.06. The lowest BCUT2D eigenvalue weighted by molar-refractivity contribution is -0.137. The fourth-order valence-corrected chi connectivity index (χ4v) is 2.72. The molecular formula is C22H18F4N4O2. The molecule has 0 spiro atoms. The van der Waals surface area contributed by atoms with Crippen molar-refractivity contribution in [2.45, 2.75) is 12.8 Å². The number of aromatic amines is 1. The summed E-state index contributed by atoms with van der Waals surface area (Å²) in [5.41, 5.74) is 1.08. The third-order valence-electron chi connectivity index (χ3n) is 4.27. The molecule has 0 saturated heterocycles. The van der Waals surface area contributed by atoms with Crippen molar-refractivity contribution in [1.82, 2.24) is 15.0 Å². The Labute approximate surface area is 181 Å². The van der Waals surface area contributed by atoms with Crippen molar-refractivity contribution in [2.75, 3.05) is 7.11 Å². The van der Waals surface area contributed by atoms with Gasteiger partial charge in [0.2, 0.25) is 0 Å². The molecule has 3 rings (SSSR count). The first kappa shape index (κ1) is 22.7. The van der Waals surface area contributed by atoms with Crippen molar-refractivity contribution in [2.24, 2.45) is 4.99 Å². The number of rotatable bonds is 8. The van der Waals surface area contributed by atoms with Crippen LogP contribution in [0.2, 0.25) is 0 Å². The number of imidazole rings is 1. The minimum atomic E-state index is -4.44. The standard InChI is InChI=1S/C22H18F4N4O2/c1-3-18(27-9-8-23)21-29-12-19(30-21)17-7-6-16(10-20(17)31-2)32-13-15-5-4-14(11-28-15)22(24,25)26/h3-12H,1,13H2,2H3,(H,29,30)/b9-8+,27-18+. The van der Waals surface area contributed by atoms with E-state index < -0.39 is 11.7 Å². The minimum absolute atomic E-state index is 0.0194. The summed E-state index contributed by atoms with van der Waals surface area (Å²) < 4.78 is 61.2. The first-order chi connectivity index (χ1) is 15.4. The maximum absolute atomic E-state index is 12.6. The SMILES string of the molecule is C=C/C(=N\C=C\F)c1nc(-c2ccc(OCc3ccc(C(F)(F)F)cn3)cc2OC)c[nH]1. The number of allylic oxidation sites excluding steroid dienone is 1. The van der Waals surface area contributed by atoms with E-state index in [4.69, 9.17) is 9.47 Å². The van der Waals surface area contributed by atoms with Gasteiger partial charge in [0.1, 0.15) is 30.1 Å². The summed E-state index contributed by atoms with van der Waals surface area (Å²) in [6.45, 7) is 3.61. The molecule has 0 aliphatic rings. The van der Waals surface area contributed by atoms with E-state index >= 15 is 0 Å². The van der Waals surface area contributed by atoms with Gasteiger partial charge in [0.25, 0.3) is 0 Å². The third kappa shape index (κ3) is 5.39. The molecule has 3 aromatic rings. The number of benzene rings is 1. The first-order valence-corrected chi connectivity index (χ1v) is 9.20. The fourth-order valence-electron chi connectivity index (χ4n) is 2.72. The van der Waals surface area contributed by atoms with E-state index in [1.807, 2.05) is 0 Å². The van der Waals surface area contributed by atoms with Gasteiger partial charge in [-0.2, -0.15) is 13.2 Å². The summed E-state index contributed by atoms with van der Waals surface area (Å²) in [7, 11) is 1.48. The number of hydrogen-bond acceptors (Lipinski definition) is 5. The highest BCUT2D eigenvalue weighted by Crippen LogP contribution is 2.33. The van der Waals surface area contributed by atoms with Crippen molar-refractivity contribution in [3.8, 4) is 22.8 Å². The Bertz CT molecular complexity index is 1140. The molecule has 0 aliphatic carbocycles. The summed E-state index contributed by atoms with van der Waals surface area (Å²) in [5.74, 6) is 1.29. The third-order valence-corrected chi connectivity index (χ3v) is 4.27. The number of nitrogens with one attached hydrogen (secondary N) is 1. The Hall–Kier alpha value is -3.95. The Morgan fingerprint density at radius 2 is 2.06 bits per heavy atom. The van der Waals surface area contributed by atoms with Crippen LogP contribution in [0.3, 0.4) is 0 Å². The zero-order chi connectivity index (χ0) is 23.1. The first-order valence-electron chi connectivity index (χ1n) is 9.20. The summed E-state index contributed by atoms with van der Waals surface area (Å²) >= 11 is 0. The second kappa shape index (κ2) is 9.90. The Morgan fingerprint density at radius 3 is 2.69 bits per heavy atom. The number of halogens is 4. The Morgan fingerprint density at radius 1 is 1.25 bits per heavy atom. The van der Waals surface area contributed by atoms with Gasteiger partial charge in [-0.05, 0) is 30.3 Å². The van der Waals surface area contributed by atoms with Crippen LogP contribution in [0.5, 0.6) is 11.5 Å². The van der Waals surface area contributed by atoms with E-state index in [-0.39, 0.29) is 6.61 Å². The summed E-state index contributed by atoms with van der Waals surface area (Å²) in [6, 6.07) is 7.23. The van der Waals surface area contributed by atoms with E-state index in [1.54, 1.807) is 24.4 Å². The van der Waals surface area contributed by atoms with Crippen molar-refractivity contribution >= 4 is 5.71 Å². The van der Waals surface area contributed by atoms with Gasteiger partial charge < -0.3 is 14.5 Å². The number of H-pyrrole nitrogens is 1. The summed E-state index contributed by atoms with van der Waals surface area (Å²) in [6.07, 6.45) is 0.683. The van der Waals surface area contributed by atoms with Crippen LogP contribution in [0.25, 0.3) is 11.3 Å². The topological polar surface area (TPSA) is 72.4 Å². The number of hydrogen-bond donors (Lipinski definition) is 1. The zero-order valence-electron chi connectivity index (χ0n) is 16.9. The number of methoxy groups -OCH3 is 1. The molecule has 10 heteroatoms. The highest BCUT2D eigenvalue weighted by atomic mass is 19.4. The number of nitrogens with zero attached hydrogens (tertiary/aromatic N) is 3. The van der Waals surface area contributed by atoms with Crippen LogP contribution in [-0.2, 0) is 12.8 Å². The van der Waals surface area contributed by atoms with Crippen LogP contribution >= 0.6 is 0 Å². The number of aromatic nitrogens is 3. The average molecular weight is 446 g/mol. The molecular weight excluding hydrogens is 428 g/mol. The van der Waals surface area contributed by atoms with Gasteiger partial charge in [-0.15, -0.1) is 0 Å². The van der Waals surface area contributed by atoms with Gasteiger partial charge in [-0.25, -0.2) is 9.37 Å². The molecule has 32 heavy (non-hydrogen) atoms. The Balaban J connectivity index is 1.76. The highest BCUT2D eigenvalue weighted by Gasteiger charge is 2.30. The van der Waals surface area contributed by atoms with Crippen LogP contribution in [0, 0.1) is 0 Å². The van der Waals surface area contributed by atoms with Crippen molar-refractivity contribution < 1.29 is 27.0 Å². The van der Waals surface area contributed by atoms with Crippen molar-refractivity contribution in [3.05, 3.63) is 85.0 Å². The maximum atomic E-state index is 12.6. The number of pyridine rings is 1. The van der Waals surface area contributed by atoms with Gasteiger partial charge in [-0.3, -0.25) is 9.98 Å². The normalized spacial score (nSPS) is 12.2. The second-order valence-corrected chi connectivity index (χ2v) is 6.31. The Kier molecular flexibility index (Phi) is 7.04. The molecule has 0 fully saturated rings. The van der Waals surface area contributed by atoms with E-state index in [1.165, 1.54) is 19.3 Å². The van der Waals surface area contributed by atoms with Crippen LogP contribution < -0.4 is 9.47 Å². The van der Waals surface area contributed by atoms with Gasteiger partial charge in [0.05, 0.1) is 30.3 Å². The second-order valence-electron chi connectivity index (χ2n) is 6.31. The molecule has 2 heterocycles. The summed E-state index contributed by atoms with van der Waals surface area (Å²) in [5, 5.41) is 0. The molecule has 0 atom stereocenters. The van der Waals surface area contributed by atoms with Gasteiger partial charge >= 0.3 is 6.18 Å². The van der Waals surface area contributed by atoms with Crippen LogP contribution in [0.15, 0.2) is 72.9 Å². The average Bonchev–Trinajstić information content (AvgIpc) is 3.27. The van der Waals surface area contributed by atoms with Crippen LogP contribution in [0.1, 0.15) is 17.1 Å². The predicted molar refractivity (Wildman–Crippen MR) is 111 cm³/mol. The molecule has 6 nitrogen and oxygen atoms in total. The van der Waals surface area contributed by atoms with Gasteiger partial charge in [0, 0.05) is 24.0 Å². The maximum Gasteiger partial charge on any atom is 0.417 e. The lowest BCUT2D eigenvalue weighted by atomic mass is 10.1. The zero-order valence-corrected chi connectivity index (χ0v) is 16.9. The van der Waals surface area contributed by atoms with Crippen molar-refractivity contribution in [3.63, 3.8) is 0 Å². The molecule has 166 valence electrons. The largest absolute Gasteiger partial charge is 0.496 e. The molecule has 2 aromatic heterocycles. The van der Waals surface area contributed by atoms with Crippen molar-refractivity contribution in [1.29, 1.82) is 0 Å². The molecule has 0 amide bonds. The van der Waals surface area contributed by atoms with Gasteiger partial charge in [0.15, 0.2) is 5.82 Å².